The SMILES string of the molecule is CN(C)CCNc1ccc2c3c(nn2CCO)-c2c(O)ccc(O)c2C(=O)c13. The van der Waals surface area contributed by atoms with Gasteiger partial charge in [-0.25, -0.2) is 0 Å². The van der Waals surface area contributed by atoms with Gasteiger partial charge in [-0.1, -0.05) is 0 Å². The van der Waals surface area contributed by atoms with Crippen LogP contribution >= 0.6 is 0 Å². The van der Waals surface area contributed by atoms with Crippen molar-refractivity contribution >= 4 is 22.4 Å². The Morgan fingerprint density at radius 3 is 2.46 bits per heavy atom. The molecule has 0 aliphatic heterocycles. The van der Waals surface area contributed by atoms with Crippen LogP contribution in [0.15, 0.2) is 24.3 Å². The molecule has 28 heavy (non-hydrogen) atoms. The van der Waals surface area contributed by atoms with Crippen molar-refractivity contribution in [3.05, 3.63) is 35.4 Å². The standard InChI is InChI=1S/C20H22N4O4/c1-23(2)8-7-21-11-3-4-12-16-15(11)20(28)18-14(27)6-5-13(26)17(18)19(16)22-24(12)9-10-25/h3-6,21,25-27H,7-10H2,1-2H3. The molecule has 1 aromatic heterocycles. The van der Waals surface area contributed by atoms with Crippen LogP contribution in [-0.4, -0.2) is 69.6 Å². The van der Waals surface area contributed by atoms with E-state index in [9.17, 15) is 20.1 Å². The van der Waals surface area contributed by atoms with Crippen molar-refractivity contribution in [1.29, 1.82) is 0 Å². The Morgan fingerprint density at radius 2 is 1.79 bits per heavy atom. The smallest absolute Gasteiger partial charge is 0.200 e. The third kappa shape index (κ3) is 2.69. The molecule has 3 aromatic rings. The number of fused-ring (bicyclic) bond motifs is 2. The molecule has 0 fully saturated rings. The molecule has 0 atom stereocenters. The number of hydrogen-bond donors (Lipinski definition) is 4. The van der Waals surface area contributed by atoms with E-state index in [-0.39, 0.29) is 41.6 Å². The van der Waals surface area contributed by atoms with Gasteiger partial charge in [0.05, 0.1) is 35.4 Å². The zero-order valence-electron chi connectivity index (χ0n) is 15.7. The molecule has 4 rings (SSSR count). The van der Waals surface area contributed by atoms with Crippen LogP contribution in [0, 0.1) is 0 Å². The summed E-state index contributed by atoms with van der Waals surface area (Å²) in [6.07, 6.45) is 0. The Bertz CT molecular complexity index is 1090. The lowest BCUT2D eigenvalue weighted by molar-refractivity contribution is 0.103. The van der Waals surface area contributed by atoms with E-state index in [2.05, 4.69) is 10.4 Å². The van der Waals surface area contributed by atoms with E-state index in [1.54, 1.807) is 4.68 Å². The average molecular weight is 382 g/mol. The van der Waals surface area contributed by atoms with Gasteiger partial charge in [0.15, 0.2) is 5.78 Å². The van der Waals surface area contributed by atoms with Crippen molar-refractivity contribution in [1.82, 2.24) is 14.7 Å². The second kappa shape index (κ2) is 6.81. The average Bonchev–Trinajstić information content (AvgIpc) is 3.01. The Morgan fingerprint density at radius 1 is 1.07 bits per heavy atom. The summed E-state index contributed by atoms with van der Waals surface area (Å²) in [6, 6.07) is 6.32. The number of carbonyl (C=O) groups is 1. The zero-order valence-corrected chi connectivity index (χ0v) is 15.7. The number of rotatable bonds is 6. The molecule has 8 heteroatoms. The van der Waals surface area contributed by atoms with Crippen molar-refractivity contribution < 1.29 is 20.1 Å². The van der Waals surface area contributed by atoms with Crippen molar-refractivity contribution in [3.8, 4) is 22.8 Å². The van der Waals surface area contributed by atoms with Crippen LogP contribution in [0.25, 0.3) is 22.2 Å². The first kappa shape index (κ1) is 18.3. The summed E-state index contributed by atoms with van der Waals surface area (Å²) in [4.78, 5) is 15.4. The molecule has 0 radical (unpaired) electrons. The van der Waals surface area contributed by atoms with Crippen LogP contribution < -0.4 is 5.32 Å². The summed E-state index contributed by atoms with van der Waals surface area (Å²) < 4.78 is 1.61. The highest BCUT2D eigenvalue weighted by atomic mass is 16.3. The highest BCUT2D eigenvalue weighted by Crippen LogP contribution is 2.47. The summed E-state index contributed by atoms with van der Waals surface area (Å²) in [6.45, 7) is 1.57. The summed E-state index contributed by atoms with van der Waals surface area (Å²) in [5, 5.41) is 38.6. The fourth-order valence-corrected chi connectivity index (χ4v) is 3.68. The first-order valence-electron chi connectivity index (χ1n) is 9.07. The van der Waals surface area contributed by atoms with E-state index in [0.717, 1.165) is 6.54 Å². The Kier molecular flexibility index (Phi) is 4.44. The number of phenols is 2. The number of benzene rings is 2. The third-order valence-corrected chi connectivity index (χ3v) is 4.96. The molecule has 2 aromatic carbocycles. The van der Waals surface area contributed by atoms with E-state index in [4.69, 9.17) is 0 Å². The van der Waals surface area contributed by atoms with E-state index in [0.29, 0.717) is 34.4 Å². The van der Waals surface area contributed by atoms with Gasteiger partial charge >= 0.3 is 0 Å². The number of carbonyl (C=O) groups excluding carboxylic acids is 1. The Hall–Kier alpha value is -3.10. The second-order valence-electron chi connectivity index (χ2n) is 7.09. The number of aliphatic hydroxyl groups is 1. The van der Waals surface area contributed by atoms with Gasteiger partial charge in [-0.3, -0.25) is 9.48 Å². The molecule has 1 aliphatic rings. The van der Waals surface area contributed by atoms with Crippen molar-refractivity contribution in [2.24, 2.45) is 0 Å². The van der Waals surface area contributed by atoms with Crippen LogP contribution in [0.5, 0.6) is 11.5 Å². The molecule has 0 bridgehead atoms. The van der Waals surface area contributed by atoms with Crippen LogP contribution in [0.2, 0.25) is 0 Å². The maximum Gasteiger partial charge on any atom is 0.200 e. The third-order valence-electron chi connectivity index (χ3n) is 4.96. The fourth-order valence-electron chi connectivity index (χ4n) is 3.68. The van der Waals surface area contributed by atoms with E-state index < -0.39 is 0 Å². The summed E-state index contributed by atoms with van der Waals surface area (Å²) in [5.74, 6) is -0.679. The highest BCUT2D eigenvalue weighted by Gasteiger charge is 2.35. The topological polar surface area (TPSA) is 111 Å². The number of likely N-dealkylation sites (N-methyl/N-ethyl adjacent to an activating group) is 1. The number of nitrogens with zero attached hydrogens (tertiary/aromatic N) is 3. The van der Waals surface area contributed by atoms with Gasteiger partial charge in [0, 0.05) is 24.2 Å². The van der Waals surface area contributed by atoms with Gasteiger partial charge in [0.2, 0.25) is 0 Å². The molecular formula is C20H22N4O4. The normalized spacial score (nSPS) is 12.6. The predicted molar refractivity (Wildman–Crippen MR) is 106 cm³/mol. The van der Waals surface area contributed by atoms with Crippen LogP contribution in [-0.2, 0) is 6.54 Å². The number of nitrogens with one attached hydrogen (secondary N) is 1. The molecule has 0 amide bonds. The summed E-state index contributed by atoms with van der Waals surface area (Å²) in [7, 11) is 3.93. The second-order valence-corrected chi connectivity index (χ2v) is 7.09. The molecule has 8 nitrogen and oxygen atoms in total. The van der Waals surface area contributed by atoms with Crippen molar-refractivity contribution in [2.45, 2.75) is 6.54 Å². The van der Waals surface area contributed by atoms with Gasteiger partial charge in [0.25, 0.3) is 0 Å². The molecule has 1 aliphatic carbocycles. The number of hydrogen-bond acceptors (Lipinski definition) is 7. The van der Waals surface area contributed by atoms with Gasteiger partial charge < -0.3 is 25.5 Å². The molecular weight excluding hydrogens is 360 g/mol. The van der Waals surface area contributed by atoms with Gasteiger partial charge in [-0.05, 0) is 38.4 Å². The number of aromatic nitrogens is 2. The minimum atomic E-state index is -0.364. The minimum absolute atomic E-state index is 0.0462. The number of aliphatic hydroxyl groups excluding tert-OH is 1. The van der Waals surface area contributed by atoms with Gasteiger partial charge in [-0.2, -0.15) is 5.10 Å². The lowest BCUT2D eigenvalue weighted by Gasteiger charge is -2.20. The molecule has 0 saturated carbocycles. The monoisotopic (exact) mass is 382 g/mol. The van der Waals surface area contributed by atoms with E-state index in [1.807, 2.05) is 31.1 Å². The lowest BCUT2D eigenvalue weighted by atomic mass is 9.85. The summed E-state index contributed by atoms with van der Waals surface area (Å²) >= 11 is 0. The van der Waals surface area contributed by atoms with Gasteiger partial charge in [-0.15, -0.1) is 0 Å². The maximum absolute atomic E-state index is 13.3. The first-order valence-corrected chi connectivity index (χ1v) is 9.07. The van der Waals surface area contributed by atoms with Crippen LogP contribution in [0.1, 0.15) is 15.9 Å². The molecule has 0 spiro atoms. The van der Waals surface area contributed by atoms with E-state index >= 15 is 0 Å². The first-order chi connectivity index (χ1) is 13.4. The lowest BCUT2D eigenvalue weighted by Crippen LogP contribution is -2.22. The molecule has 0 unspecified atom stereocenters. The Balaban J connectivity index is 1.99. The Labute approximate surface area is 161 Å². The van der Waals surface area contributed by atoms with Gasteiger partial charge in [0.1, 0.15) is 17.2 Å². The van der Waals surface area contributed by atoms with Crippen molar-refractivity contribution in [3.63, 3.8) is 0 Å². The predicted octanol–water partition coefficient (Wildman–Crippen LogP) is 1.62. The van der Waals surface area contributed by atoms with Crippen LogP contribution in [0.4, 0.5) is 5.69 Å². The summed E-state index contributed by atoms with van der Waals surface area (Å²) in [5.41, 5.74) is 2.47. The van der Waals surface area contributed by atoms with Crippen LogP contribution in [0.3, 0.4) is 0 Å². The fraction of sp³-hybridized carbons (Fsp3) is 0.300. The molecule has 4 N–H and O–H groups in total. The number of phenolic OH excluding ortho intramolecular Hbond substituents is 2. The van der Waals surface area contributed by atoms with E-state index in [1.165, 1.54) is 12.1 Å². The number of aromatic hydroxyl groups is 2. The maximum atomic E-state index is 13.3. The zero-order chi connectivity index (χ0) is 20.0. The van der Waals surface area contributed by atoms with Crippen molar-refractivity contribution in [2.75, 3.05) is 39.1 Å². The molecule has 1 heterocycles. The highest BCUT2D eigenvalue weighted by molar-refractivity contribution is 6.29. The molecule has 0 saturated heterocycles. The largest absolute Gasteiger partial charge is 0.507 e. The quantitative estimate of drug-likeness (QED) is 0.375. The number of ketones is 1. The number of anilines is 1. The molecule has 146 valence electrons. The minimum Gasteiger partial charge on any atom is -0.507 e.